The van der Waals surface area contributed by atoms with Gasteiger partial charge in [-0.3, -0.25) is 5.32 Å². The first-order chi connectivity index (χ1) is 14.6. The fourth-order valence-corrected chi connectivity index (χ4v) is 3.96. The van der Waals surface area contributed by atoms with E-state index in [-0.39, 0.29) is 6.10 Å². The second-order valence-corrected chi connectivity index (χ2v) is 7.31. The van der Waals surface area contributed by atoms with Gasteiger partial charge in [0, 0.05) is 42.1 Å². The van der Waals surface area contributed by atoms with Crippen LogP contribution in [0.4, 0.5) is 16.2 Å². The molecule has 0 spiro atoms. The number of nitrogens with zero attached hydrogens (tertiary/aromatic N) is 1. The van der Waals surface area contributed by atoms with Crippen LogP contribution in [-0.4, -0.2) is 37.1 Å². The molecule has 1 aliphatic rings. The van der Waals surface area contributed by atoms with E-state index in [9.17, 15) is 4.79 Å². The van der Waals surface area contributed by atoms with Crippen LogP contribution in [-0.2, 0) is 16.0 Å². The number of nitrogens with one attached hydrogen (secondary N) is 1. The summed E-state index contributed by atoms with van der Waals surface area (Å²) in [6, 6.07) is 13.5. The highest BCUT2D eigenvalue weighted by molar-refractivity contribution is 6.02. The fourth-order valence-electron chi connectivity index (χ4n) is 3.96. The molecule has 3 aromatic rings. The summed E-state index contributed by atoms with van der Waals surface area (Å²) >= 11 is 0. The highest BCUT2D eigenvalue weighted by Crippen LogP contribution is 2.38. The number of nitrogens with two attached hydrogens (primary N) is 1. The first-order valence-electron chi connectivity index (χ1n) is 10.2. The van der Waals surface area contributed by atoms with E-state index in [1.807, 2.05) is 42.5 Å². The van der Waals surface area contributed by atoms with Gasteiger partial charge in [-0.15, -0.1) is 0 Å². The molecule has 4 rings (SSSR count). The van der Waals surface area contributed by atoms with Crippen molar-refractivity contribution in [3.8, 4) is 17.0 Å². The van der Waals surface area contributed by atoms with Crippen molar-refractivity contribution in [2.45, 2.75) is 32.4 Å². The van der Waals surface area contributed by atoms with E-state index in [1.54, 1.807) is 7.11 Å². The number of anilines is 2. The SMILES string of the molecule is CCn1c(-c2cccc(NC(=O)OC3CCOCC3)c2)c(N)c2ccc(OC)cc21. The Kier molecular flexibility index (Phi) is 5.81. The number of amides is 1. The lowest BCUT2D eigenvalue weighted by Gasteiger charge is -2.22. The molecule has 7 nitrogen and oxygen atoms in total. The van der Waals surface area contributed by atoms with E-state index in [2.05, 4.69) is 16.8 Å². The molecule has 2 heterocycles. The monoisotopic (exact) mass is 409 g/mol. The van der Waals surface area contributed by atoms with Gasteiger partial charge in [-0.1, -0.05) is 12.1 Å². The Bertz CT molecular complexity index is 1050. The normalized spacial score (nSPS) is 14.6. The molecule has 1 amide bonds. The molecule has 1 fully saturated rings. The van der Waals surface area contributed by atoms with E-state index in [0.717, 1.165) is 47.3 Å². The van der Waals surface area contributed by atoms with Gasteiger partial charge in [0.2, 0.25) is 0 Å². The lowest BCUT2D eigenvalue weighted by atomic mass is 10.1. The van der Waals surface area contributed by atoms with Crippen molar-refractivity contribution < 1.29 is 19.0 Å². The third-order valence-corrected chi connectivity index (χ3v) is 5.45. The fraction of sp³-hybridized carbons (Fsp3) is 0.348. The van der Waals surface area contributed by atoms with E-state index >= 15 is 0 Å². The van der Waals surface area contributed by atoms with Crippen molar-refractivity contribution in [1.29, 1.82) is 0 Å². The van der Waals surface area contributed by atoms with Crippen LogP contribution >= 0.6 is 0 Å². The predicted octanol–water partition coefficient (Wildman–Crippen LogP) is 4.65. The molecule has 0 bridgehead atoms. The predicted molar refractivity (Wildman–Crippen MR) is 118 cm³/mol. The number of aryl methyl sites for hydroxylation is 1. The number of fused-ring (bicyclic) bond motifs is 1. The number of nitrogen functional groups attached to an aromatic ring is 1. The molecule has 0 saturated carbocycles. The minimum Gasteiger partial charge on any atom is -0.497 e. The lowest BCUT2D eigenvalue weighted by Crippen LogP contribution is -2.28. The number of aromatic nitrogens is 1. The van der Waals surface area contributed by atoms with Gasteiger partial charge in [0.1, 0.15) is 11.9 Å². The number of hydrogen-bond donors (Lipinski definition) is 2. The lowest BCUT2D eigenvalue weighted by molar-refractivity contribution is 0.00592. The zero-order chi connectivity index (χ0) is 21.1. The first kappa shape index (κ1) is 20.1. The maximum absolute atomic E-state index is 12.3. The summed E-state index contributed by atoms with van der Waals surface area (Å²) in [4.78, 5) is 12.3. The van der Waals surface area contributed by atoms with Gasteiger partial charge in [-0.25, -0.2) is 4.79 Å². The molecule has 2 aromatic carbocycles. The zero-order valence-electron chi connectivity index (χ0n) is 17.3. The van der Waals surface area contributed by atoms with Gasteiger partial charge in [0.05, 0.1) is 37.2 Å². The summed E-state index contributed by atoms with van der Waals surface area (Å²) in [7, 11) is 1.65. The largest absolute Gasteiger partial charge is 0.497 e. The van der Waals surface area contributed by atoms with Crippen LogP contribution in [0.25, 0.3) is 22.2 Å². The standard InChI is InChI=1S/C23H27N3O4/c1-3-26-20-14-18(28-2)7-8-19(20)21(24)22(26)15-5-4-6-16(13-15)25-23(27)30-17-9-11-29-12-10-17/h4-8,13-14,17H,3,9-12,24H2,1-2H3,(H,25,27). The average Bonchev–Trinajstić information content (AvgIpc) is 3.05. The number of carbonyl (C=O) groups excluding carboxylic acids is 1. The molecular formula is C23H27N3O4. The Morgan fingerprint density at radius 3 is 2.77 bits per heavy atom. The average molecular weight is 409 g/mol. The van der Waals surface area contributed by atoms with Crippen molar-refractivity contribution in [2.24, 2.45) is 0 Å². The van der Waals surface area contributed by atoms with Crippen molar-refractivity contribution >= 4 is 28.4 Å². The Morgan fingerprint density at radius 2 is 2.03 bits per heavy atom. The summed E-state index contributed by atoms with van der Waals surface area (Å²) < 4.78 is 18.3. The molecule has 158 valence electrons. The molecular weight excluding hydrogens is 382 g/mol. The van der Waals surface area contributed by atoms with Crippen LogP contribution in [0.15, 0.2) is 42.5 Å². The van der Waals surface area contributed by atoms with E-state index < -0.39 is 6.09 Å². The third kappa shape index (κ3) is 3.93. The highest BCUT2D eigenvalue weighted by atomic mass is 16.6. The molecule has 0 aliphatic carbocycles. The van der Waals surface area contributed by atoms with Crippen molar-refractivity contribution in [3.05, 3.63) is 42.5 Å². The second kappa shape index (κ2) is 8.67. The summed E-state index contributed by atoms with van der Waals surface area (Å²) in [5, 5.41) is 3.81. The number of benzene rings is 2. The van der Waals surface area contributed by atoms with E-state index in [1.165, 1.54) is 0 Å². The zero-order valence-corrected chi connectivity index (χ0v) is 17.3. The van der Waals surface area contributed by atoms with Gasteiger partial charge >= 0.3 is 6.09 Å². The van der Waals surface area contributed by atoms with Crippen molar-refractivity contribution in [1.82, 2.24) is 4.57 Å². The molecule has 1 saturated heterocycles. The van der Waals surface area contributed by atoms with E-state index in [0.29, 0.717) is 24.6 Å². The van der Waals surface area contributed by atoms with Crippen LogP contribution in [0, 0.1) is 0 Å². The van der Waals surface area contributed by atoms with Crippen LogP contribution in [0.5, 0.6) is 5.75 Å². The molecule has 30 heavy (non-hydrogen) atoms. The summed E-state index contributed by atoms with van der Waals surface area (Å²) in [5.41, 5.74) is 10.8. The van der Waals surface area contributed by atoms with Crippen molar-refractivity contribution in [3.63, 3.8) is 0 Å². The minimum atomic E-state index is -0.451. The summed E-state index contributed by atoms with van der Waals surface area (Å²) in [6.45, 7) is 4.08. The maximum Gasteiger partial charge on any atom is 0.411 e. The van der Waals surface area contributed by atoms with Gasteiger partial charge < -0.3 is 24.5 Å². The van der Waals surface area contributed by atoms with Gasteiger partial charge in [-0.05, 0) is 31.2 Å². The van der Waals surface area contributed by atoms with Crippen LogP contribution in [0.2, 0.25) is 0 Å². The number of methoxy groups -OCH3 is 1. The van der Waals surface area contributed by atoms with Gasteiger partial charge in [-0.2, -0.15) is 0 Å². The first-order valence-corrected chi connectivity index (χ1v) is 10.2. The number of carbonyl (C=O) groups is 1. The Balaban J connectivity index is 1.62. The molecule has 0 unspecified atom stereocenters. The Morgan fingerprint density at radius 1 is 1.23 bits per heavy atom. The number of hydrogen-bond acceptors (Lipinski definition) is 5. The third-order valence-electron chi connectivity index (χ3n) is 5.45. The molecule has 1 aromatic heterocycles. The summed E-state index contributed by atoms with van der Waals surface area (Å²) in [5.74, 6) is 0.785. The summed E-state index contributed by atoms with van der Waals surface area (Å²) in [6.07, 6.45) is 0.900. The van der Waals surface area contributed by atoms with Crippen LogP contribution in [0.3, 0.4) is 0 Å². The smallest absolute Gasteiger partial charge is 0.411 e. The number of ether oxygens (including phenoxy) is 3. The van der Waals surface area contributed by atoms with Crippen LogP contribution in [0.1, 0.15) is 19.8 Å². The Labute approximate surface area is 175 Å². The van der Waals surface area contributed by atoms with Gasteiger partial charge in [0.15, 0.2) is 0 Å². The van der Waals surface area contributed by atoms with Crippen molar-refractivity contribution in [2.75, 3.05) is 31.4 Å². The second-order valence-electron chi connectivity index (χ2n) is 7.31. The Hall–Kier alpha value is -3.19. The molecule has 1 aliphatic heterocycles. The molecule has 7 heteroatoms. The highest BCUT2D eigenvalue weighted by Gasteiger charge is 2.19. The molecule has 0 atom stereocenters. The maximum atomic E-state index is 12.3. The molecule has 3 N–H and O–H groups in total. The van der Waals surface area contributed by atoms with Gasteiger partial charge in [0.25, 0.3) is 0 Å². The quantitative estimate of drug-likeness (QED) is 0.641. The number of rotatable bonds is 5. The van der Waals surface area contributed by atoms with E-state index in [4.69, 9.17) is 19.9 Å². The topological polar surface area (TPSA) is 87.7 Å². The van der Waals surface area contributed by atoms with Crippen LogP contribution < -0.4 is 15.8 Å². The molecule has 0 radical (unpaired) electrons. The minimum absolute atomic E-state index is 0.102.